The number of hydrogen-bond acceptors (Lipinski definition) is 4. The number of carboxylic acids is 1. The van der Waals surface area contributed by atoms with Gasteiger partial charge in [-0.25, -0.2) is 4.79 Å². The van der Waals surface area contributed by atoms with Gasteiger partial charge in [-0.05, 0) is 65.6 Å². The van der Waals surface area contributed by atoms with Crippen molar-refractivity contribution in [2.24, 2.45) is 5.92 Å². The van der Waals surface area contributed by atoms with Crippen molar-refractivity contribution in [1.82, 2.24) is 9.88 Å². The van der Waals surface area contributed by atoms with Crippen LogP contribution in [-0.4, -0.2) is 39.8 Å². The van der Waals surface area contributed by atoms with Crippen molar-refractivity contribution in [1.29, 1.82) is 0 Å². The zero-order valence-electron chi connectivity index (χ0n) is 19.6. The summed E-state index contributed by atoms with van der Waals surface area (Å²) in [6.07, 6.45) is 6.31. The second kappa shape index (κ2) is 10.2. The van der Waals surface area contributed by atoms with Crippen molar-refractivity contribution < 1.29 is 14.7 Å². The van der Waals surface area contributed by atoms with Crippen LogP contribution in [0.5, 0.6) is 0 Å². The molecule has 5 nitrogen and oxygen atoms in total. The highest BCUT2D eigenvalue weighted by molar-refractivity contribution is 5.99. The van der Waals surface area contributed by atoms with Gasteiger partial charge in [0, 0.05) is 42.9 Å². The maximum atomic E-state index is 12.7. The number of pyridine rings is 1. The molecule has 35 heavy (non-hydrogen) atoms. The molecule has 1 saturated heterocycles. The van der Waals surface area contributed by atoms with Crippen molar-refractivity contribution in [2.45, 2.75) is 25.8 Å². The number of benzene rings is 3. The monoisotopic (exact) mass is 464 g/mol. The lowest BCUT2D eigenvalue weighted by Gasteiger charge is -2.17. The summed E-state index contributed by atoms with van der Waals surface area (Å²) >= 11 is 0. The molecule has 0 radical (unpaired) electrons. The SMILES string of the molecule is O=C(O)c1cccc(C(=O)Cc2cccc(CN3CCC(Cc4cccc5cnccc45)C3)c2)c1. The normalized spacial score (nSPS) is 15.9. The Morgan fingerprint density at radius 1 is 0.943 bits per heavy atom. The van der Waals surface area contributed by atoms with Gasteiger partial charge < -0.3 is 5.11 Å². The van der Waals surface area contributed by atoms with E-state index in [0.717, 1.165) is 31.6 Å². The molecule has 3 aromatic carbocycles. The van der Waals surface area contributed by atoms with Crippen molar-refractivity contribution in [3.8, 4) is 0 Å². The van der Waals surface area contributed by atoms with E-state index in [2.05, 4.69) is 46.3 Å². The van der Waals surface area contributed by atoms with Gasteiger partial charge in [-0.3, -0.25) is 14.7 Å². The van der Waals surface area contributed by atoms with Crippen LogP contribution in [0.15, 0.2) is 85.2 Å². The van der Waals surface area contributed by atoms with E-state index >= 15 is 0 Å². The summed E-state index contributed by atoms with van der Waals surface area (Å²) in [6.45, 7) is 3.00. The molecule has 1 aliphatic heterocycles. The van der Waals surface area contributed by atoms with Gasteiger partial charge >= 0.3 is 5.97 Å². The molecule has 0 amide bonds. The number of carbonyl (C=O) groups is 2. The lowest BCUT2D eigenvalue weighted by molar-refractivity contribution is 0.0697. The van der Waals surface area contributed by atoms with Crippen molar-refractivity contribution in [3.63, 3.8) is 0 Å². The molecule has 0 bridgehead atoms. The minimum atomic E-state index is -1.02. The number of rotatable bonds is 8. The molecule has 176 valence electrons. The first-order valence-corrected chi connectivity index (χ1v) is 12.0. The predicted octanol–water partition coefficient (Wildman–Crippen LogP) is 5.42. The minimum absolute atomic E-state index is 0.0724. The third-order valence-corrected chi connectivity index (χ3v) is 6.84. The fraction of sp³-hybridized carbons (Fsp3) is 0.233. The van der Waals surface area contributed by atoms with Gasteiger partial charge in [0.25, 0.3) is 0 Å². The van der Waals surface area contributed by atoms with E-state index in [4.69, 9.17) is 0 Å². The molecule has 0 aliphatic carbocycles. The molecule has 1 aromatic heterocycles. The quantitative estimate of drug-likeness (QED) is 0.353. The summed E-state index contributed by atoms with van der Waals surface area (Å²) in [5.41, 5.74) is 4.11. The Bertz CT molecular complexity index is 1380. The Kier molecular flexibility index (Phi) is 6.68. The van der Waals surface area contributed by atoms with Crippen LogP contribution in [0.1, 0.15) is 43.8 Å². The summed E-state index contributed by atoms with van der Waals surface area (Å²) in [5, 5.41) is 11.7. The van der Waals surface area contributed by atoms with Gasteiger partial charge in [-0.2, -0.15) is 0 Å². The maximum Gasteiger partial charge on any atom is 0.335 e. The Morgan fingerprint density at radius 2 is 1.74 bits per heavy atom. The summed E-state index contributed by atoms with van der Waals surface area (Å²) in [4.78, 5) is 30.7. The van der Waals surface area contributed by atoms with Gasteiger partial charge in [0.1, 0.15) is 0 Å². The Morgan fingerprint density at radius 3 is 2.63 bits per heavy atom. The summed E-state index contributed by atoms with van der Waals surface area (Å²) < 4.78 is 0. The predicted molar refractivity (Wildman–Crippen MR) is 137 cm³/mol. The molecule has 1 fully saturated rings. The van der Waals surface area contributed by atoms with Crippen LogP contribution in [0.4, 0.5) is 0 Å². The standard InChI is InChI=1S/C30H28N2O3/c33-29(25-7-3-8-26(17-25)30(34)35)16-21-4-1-5-22(14-21)19-32-13-11-23(20-32)15-24-6-2-9-27-18-31-12-10-28(24)27/h1-10,12,14,17-18,23H,11,13,15-16,19-20H2,(H,34,35). The third-order valence-electron chi connectivity index (χ3n) is 6.84. The number of hydrogen-bond donors (Lipinski definition) is 1. The number of carbonyl (C=O) groups excluding carboxylic acids is 1. The van der Waals surface area contributed by atoms with E-state index in [1.54, 1.807) is 12.1 Å². The lowest BCUT2D eigenvalue weighted by Crippen LogP contribution is -2.20. The largest absolute Gasteiger partial charge is 0.478 e. The highest BCUT2D eigenvalue weighted by Crippen LogP contribution is 2.26. The van der Waals surface area contributed by atoms with Crippen LogP contribution in [0, 0.1) is 5.92 Å². The molecular weight excluding hydrogens is 436 g/mol. The number of ketones is 1. The first-order chi connectivity index (χ1) is 17.0. The lowest BCUT2D eigenvalue weighted by atomic mass is 9.95. The van der Waals surface area contributed by atoms with Crippen molar-refractivity contribution >= 4 is 22.5 Å². The van der Waals surface area contributed by atoms with E-state index in [-0.39, 0.29) is 17.8 Å². The molecule has 5 rings (SSSR count). The number of likely N-dealkylation sites (tertiary alicyclic amines) is 1. The molecule has 1 unspecified atom stereocenters. The second-order valence-corrected chi connectivity index (χ2v) is 9.41. The molecule has 4 aromatic rings. The Labute approximate surface area is 205 Å². The number of carboxylic acid groups (broad SMARTS) is 1. The number of fused-ring (bicyclic) bond motifs is 1. The average Bonchev–Trinajstić information content (AvgIpc) is 3.31. The Hall–Kier alpha value is -3.83. The number of aromatic carboxylic acids is 1. The van der Waals surface area contributed by atoms with Crippen LogP contribution in [-0.2, 0) is 19.4 Å². The van der Waals surface area contributed by atoms with Crippen LogP contribution in [0.3, 0.4) is 0 Å². The second-order valence-electron chi connectivity index (χ2n) is 9.41. The van der Waals surface area contributed by atoms with Gasteiger partial charge in [0.2, 0.25) is 0 Å². The highest BCUT2D eigenvalue weighted by Gasteiger charge is 2.23. The van der Waals surface area contributed by atoms with Crippen molar-refractivity contribution in [2.75, 3.05) is 13.1 Å². The Balaban J connectivity index is 1.20. The smallest absolute Gasteiger partial charge is 0.335 e. The van der Waals surface area contributed by atoms with Crippen LogP contribution in [0.25, 0.3) is 10.8 Å². The van der Waals surface area contributed by atoms with Gasteiger partial charge in [0.15, 0.2) is 5.78 Å². The molecular formula is C30H28N2O3. The summed E-state index contributed by atoms with van der Waals surface area (Å²) in [5.74, 6) is -0.472. The topological polar surface area (TPSA) is 70.5 Å². The van der Waals surface area contributed by atoms with E-state index in [1.165, 1.54) is 40.5 Å². The maximum absolute atomic E-state index is 12.7. The van der Waals surface area contributed by atoms with E-state index < -0.39 is 5.97 Å². The molecule has 2 heterocycles. The van der Waals surface area contributed by atoms with Gasteiger partial charge in [-0.1, -0.05) is 54.6 Å². The average molecular weight is 465 g/mol. The number of nitrogens with zero attached hydrogens (tertiary/aromatic N) is 2. The van der Waals surface area contributed by atoms with E-state index in [0.29, 0.717) is 11.5 Å². The molecule has 0 spiro atoms. The van der Waals surface area contributed by atoms with E-state index in [1.807, 2.05) is 24.5 Å². The molecule has 0 saturated carbocycles. The fourth-order valence-electron chi connectivity index (χ4n) is 5.11. The first kappa shape index (κ1) is 22.9. The first-order valence-electron chi connectivity index (χ1n) is 12.0. The molecule has 5 heteroatoms. The molecule has 1 N–H and O–H groups in total. The molecule has 1 aliphatic rings. The van der Waals surface area contributed by atoms with Gasteiger partial charge in [0.05, 0.1) is 5.56 Å². The van der Waals surface area contributed by atoms with Crippen molar-refractivity contribution in [3.05, 3.63) is 113 Å². The van der Waals surface area contributed by atoms with E-state index in [9.17, 15) is 14.7 Å². The number of aromatic nitrogens is 1. The molecule has 1 atom stereocenters. The number of Topliss-reactive ketones (excluding diaryl/α,β-unsaturated/α-hetero) is 1. The van der Waals surface area contributed by atoms with Crippen LogP contribution in [0.2, 0.25) is 0 Å². The zero-order chi connectivity index (χ0) is 24.2. The van der Waals surface area contributed by atoms with Crippen LogP contribution >= 0.6 is 0 Å². The van der Waals surface area contributed by atoms with Gasteiger partial charge in [-0.15, -0.1) is 0 Å². The zero-order valence-corrected chi connectivity index (χ0v) is 19.6. The summed E-state index contributed by atoms with van der Waals surface area (Å²) in [6, 6.07) is 23.0. The fourth-order valence-corrected chi connectivity index (χ4v) is 5.11. The minimum Gasteiger partial charge on any atom is -0.478 e. The highest BCUT2D eigenvalue weighted by atomic mass is 16.4. The van der Waals surface area contributed by atoms with Crippen LogP contribution < -0.4 is 0 Å². The third kappa shape index (κ3) is 5.47. The summed E-state index contributed by atoms with van der Waals surface area (Å²) in [7, 11) is 0.